The standard InChI is InChI=1S/C14H27NO3S/c1-11(13(10-16)19-2)15-12-3-6-18-14(9-12)4-7-17-8-5-14/h11-13,15-16H,3-10H2,1-2H3. The third-order valence-electron chi connectivity index (χ3n) is 4.44. The first-order chi connectivity index (χ1) is 9.19. The van der Waals surface area contributed by atoms with E-state index in [1.807, 2.05) is 0 Å². The molecule has 0 bridgehead atoms. The highest BCUT2D eigenvalue weighted by Crippen LogP contribution is 2.34. The molecule has 2 rings (SSSR count). The fraction of sp³-hybridized carbons (Fsp3) is 1.00. The summed E-state index contributed by atoms with van der Waals surface area (Å²) in [7, 11) is 0. The molecule has 0 aromatic rings. The van der Waals surface area contributed by atoms with E-state index in [-0.39, 0.29) is 17.5 Å². The summed E-state index contributed by atoms with van der Waals surface area (Å²) in [6.45, 7) is 4.90. The molecule has 0 aliphatic carbocycles. The molecule has 2 heterocycles. The molecule has 4 nitrogen and oxygen atoms in total. The Morgan fingerprint density at radius 2 is 2.11 bits per heavy atom. The number of hydrogen-bond acceptors (Lipinski definition) is 5. The molecule has 2 fully saturated rings. The Labute approximate surface area is 120 Å². The van der Waals surface area contributed by atoms with Crippen LogP contribution in [0.15, 0.2) is 0 Å². The number of aliphatic hydroxyl groups excluding tert-OH is 1. The lowest BCUT2D eigenvalue weighted by Gasteiger charge is -2.44. The predicted molar refractivity (Wildman–Crippen MR) is 78.7 cm³/mol. The molecule has 2 aliphatic rings. The summed E-state index contributed by atoms with van der Waals surface area (Å²) in [6, 6.07) is 0.836. The van der Waals surface area contributed by atoms with Gasteiger partial charge in [-0.15, -0.1) is 0 Å². The molecule has 2 N–H and O–H groups in total. The van der Waals surface area contributed by atoms with E-state index in [9.17, 15) is 5.11 Å². The van der Waals surface area contributed by atoms with Crippen LogP contribution < -0.4 is 5.32 Å². The van der Waals surface area contributed by atoms with E-state index in [0.29, 0.717) is 12.1 Å². The molecule has 2 aliphatic heterocycles. The second-order valence-corrected chi connectivity index (χ2v) is 6.82. The second kappa shape index (κ2) is 7.27. The van der Waals surface area contributed by atoms with Crippen LogP contribution in [0, 0.1) is 0 Å². The molecule has 3 atom stereocenters. The van der Waals surface area contributed by atoms with E-state index in [4.69, 9.17) is 9.47 Å². The summed E-state index contributed by atoms with van der Waals surface area (Å²) in [4.78, 5) is 0. The maximum atomic E-state index is 9.37. The number of hydrogen-bond donors (Lipinski definition) is 2. The highest BCUT2D eigenvalue weighted by molar-refractivity contribution is 7.99. The molecular weight excluding hydrogens is 262 g/mol. The summed E-state index contributed by atoms with van der Waals surface area (Å²) in [5, 5.41) is 13.3. The van der Waals surface area contributed by atoms with Gasteiger partial charge in [0.05, 0.1) is 12.2 Å². The van der Waals surface area contributed by atoms with Crippen LogP contribution in [0.3, 0.4) is 0 Å². The largest absolute Gasteiger partial charge is 0.395 e. The molecule has 0 radical (unpaired) electrons. The smallest absolute Gasteiger partial charge is 0.0741 e. The van der Waals surface area contributed by atoms with Gasteiger partial charge in [0.2, 0.25) is 0 Å². The van der Waals surface area contributed by atoms with Crippen molar-refractivity contribution in [3.05, 3.63) is 0 Å². The lowest BCUT2D eigenvalue weighted by Crippen LogP contribution is -2.53. The number of thioether (sulfide) groups is 1. The van der Waals surface area contributed by atoms with E-state index < -0.39 is 0 Å². The average molecular weight is 289 g/mol. The van der Waals surface area contributed by atoms with E-state index in [0.717, 1.165) is 45.5 Å². The third kappa shape index (κ3) is 4.08. The molecule has 3 unspecified atom stereocenters. The minimum absolute atomic E-state index is 0.0436. The van der Waals surface area contributed by atoms with E-state index in [1.54, 1.807) is 11.8 Å². The molecule has 2 saturated heterocycles. The van der Waals surface area contributed by atoms with Crippen molar-refractivity contribution in [2.24, 2.45) is 0 Å². The van der Waals surface area contributed by atoms with Crippen molar-refractivity contribution < 1.29 is 14.6 Å². The zero-order valence-corrected chi connectivity index (χ0v) is 12.9. The first-order valence-corrected chi connectivity index (χ1v) is 8.59. The monoisotopic (exact) mass is 289 g/mol. The summed E-state index contributed by atoms with van der Waals surface area (Å²) >= 11 is 1.73. The fourth-order valence-corrected chi connectivity index (χ4v) is 3.81. The van der Waals surface area contributed by atoms with Crippen molar-refractivity contribution in [2.75, 3.05) is 32.7 Å². The van der Waals surface area contributed by atoms with Crippen LogP contribution in [0.5, 0.6) is 0 Å². The molecule has 112 valence electrons. The van der Waals surface area contributed by atoms with Crippen molar-refractivity contribution >= 4 is 11.8 Å². The van der Waals surface area contributed by atoms with Crippen LogP contribution >= 0.6 is 11.8 Å². The Balaban J connectivity index is 1.86. The van der Waals surface area contributed by atoms with Gasteiger partial charge < -0.3 is 19.9 Å². The Bertz CT molecular complexity index is 262. The summed E-state index contributed by atoms with van der Waals surface area (Å²) < 4.78 is 11.5. The second-order valence-electron chi connectivity index (χ2n) is 5.75. The summed E-state index contributed by atoms with van der Waals surface area (Å²) in [5.74, 6) is 0. The van der Waals surface area contributed by atoms with Crippen molar-refractivity contribution in [2.45, 2.75) is 55.5 Å². The van der Waals surface area contributed by atoms with Crippen LogP contribution in [-0.2, 0) is 9.47 Å². The Hall–Kier alpha value is 0.190. The van der Waals surface area contributed by atoms with Gasteiger partial charge in [-0.25, -0.2) is 0 Å². The van der Waals surface area contributed by atoms with E-state index in [1.165, 1.54) is 0 Å². The molecule has 0 aromatic heterocycles. The molecule has 0 saturated carbocycles. The maximum Gasteiger partial charge on any atom is 0.0741 e. The number of rotatable bonds is 5. The molecule has 19 heavy (non-hydrogen) atoms. The first-order valence-electron chi connectivity index (χ1n) is 7.30. The van der Waals surface area contributed by atoms with Crippen LogP contribution in [-0.4, -0.2) is 60.7 Å². The summed E-state index contributed by atoms with van der Waals surface area (Å²) in [5.41, 5.74) is 0.0436. The van der Waals surface area contributed by atoms with Gasteiger partial charge in [-0.05, 0) is 38.9 Å². The van der Waals surface area contributed by atoms with E-state index >= 15 is 0 Å². The van der Waals surface area contributed by atoms with Crippen molar-refractivity contribution in [3.63, 3.8) is 0 Å². The van der Waals surface area contributed by atoms with Crippen LogP contribution in [0.1, 0.15) is 32.6 Å². The Morgan fingerprint density at radius 3 is 2.74 bits per heavy atom. The fourth-order valence-electron chi connectivity index (χ4n) is 3.18. The SMILES string of the molecule is CSC(CO)C(C)NC1CCOC2(CCOCC2)C1. The minimum Gasteiger partial charge on any atom is -0.395 e. The molecule has 1 spiro atoms. The Kier molecular flexibility index (Phi) is 5.96. The van der Waals surface area contributed by atoms with Gasteiger partial charge in [-0.1, -0.05) is 0 Å². The minimum atomic E-state index is 0.0436. The van der Waals surface area contributed by atoms with Gasteiger partial charge in [-0.3, -0.25) is 0 Å². The van der Waals surface area contributed by atoms with Gasteiger partial charge in [0.1, 0.15) is 0 Å². The summed E-state index contributed by atoms with van der Waals surface area (Å²) in [6.07, 6.45) is 6.24. The molecular formula is C14H27NO3S. The van der Waals surface area contributed by atoms with E-state index in [2.05, 4.69) is 18.5 Å². The highest BCUT2D eigenvalue weighted by Gasteiger charge is 2.39. The number of aliphatic hydroxyl groups is 1. The zero-order chi connectivity index (χ0) is 13.7. The van der Waals surface area contributed by atoms with Crippen molar-refractivity contribution in [1.82, 2.24) is 5.32 Å². The zero-order valence-electron chi connectivity index (χ0n) is 12.1. The highest BCUT2D eigenvalue weighted by atomic mass is 32.2. The number of ether oxygens (including phenoxy) is 2. The van der Waals surface area contributed by atoms with Crippen molar-refractivity contribution in [1.29, 1.82) is 0 Å². The van der Waals surface area contributed by atoms with Crippen LogP contribution in [0.2, 0.25) is 0 Å². The Morgan fingerprint density at radius 1 is 1.37 bits per heavy atom. The quantitative estimate of drug-likeness (QED) is 0.801. The molecule has 0 amide bonds. The van der Waals surface area contributed by atoms with Crippen LogP contribution in [0.4, 0.5) is 0 Å². The average Bonchev–Trinajstić information content (AvgIpc) is 2.41. The topological polar surface area (TPSA) is 50.7 Å². The first kappa shape index (κ1) is 15.6. The van der Waals surface area contributed by atoms with Crippen LogP contribution in [0.25, 0.3) is 0 Å². The van der Waals surface area contributed by atoms with Gasteiger partial charge in [0.25, 0.3) is 0 Å². The maximum absolute atomic E-state index is 9.37. The molecule has 5 heteroatoms. The van der Waals surface area contributed by atoms with Gasteiger partial charge in [0, 0.05) is 37.2 Å². The lowest BCUT2D eigenvalue weighted by atomic mass is 9.84. The van der Waals surface area contributed by atoms with Gasteiger partial charge in [0.15, 0.2) is 0 Å². The van der Waals surface area contributed by atoms with Gasteiger partial charge >= 0.3 is 0 Å². The normalized spacial score (nSPS) is 30.2. The van der Waals surface area contributed by atoms with Gasteiger partial charge in [-0.2, -0.15) is 11.8 Å². The van der Waals surface area contributed by atoms with Crippen molar-refractivity contribution in [3.8, 4) is 0 Å². The number of nitrogens with one attached hydrogen (secondary N) is 1. The third-order valence-corrected chi connectivity index (χ3v) is 5.60. The lowest BCUT2D eigenvalue weighted by molar-refractivity contribution is -0.140. The molecule has 0 aromatic carbocycles. The predicted octanol–water partition coefficient (Wildman–Crippen LogP) is 1.42.